The monoisotopic (exact) mass is 522 g/mol. The highest BCUT2D eigenvalue weighted by atomic mass is 19.1. The highest BCUT2D eigenvalue weighted by Gasteiger charge is 2.34. The minimum Gasteiger partial charge on any atom is -0.490 e. The van der Waals surface area contributed by atoms with E-state index in [2.05, 4.69) is 13.8 Å². The van der Waals surface area contributed by atoms with Crippen LogP contribution in [-0.2, 0) is 30.7 Å². The van der Waals surface area contributed by atoms with Crippen LogP contribution in [0.15, 0.2) is 6.07 Å². The van der Waals surface area contributed by atoms with Crippen LogP contribution in [0.25, 0.3) is 11.1 Å². The lowest BCUT2D eigenvalue weighted by Crippen LogP contribution is -2.41. The number of carboxylic acids is 1. The fourth-order valence-corrected chi connectivity index (χ4v) is 6.67. The quantitative estimate of drug-likeness (QED) is 0.512. The van der Waals surface area contributed by atoms with Gasteiger partial charge in [0.15, 0.2) is 11.6 Å². The lowest BCUT2D eigenvalue weighted by Gasteiger charge is -2.27. The highest BCUT2D eigenvalue weighted by Crippen LogP contribution is 2.44. The first-order chi connectivity index (χ1) is 18.0. The molecule has 0 saturated carbocycles. The van der Waals surface area contributed by atoms with Gasteiger partial charge in [0.25, 0.3) is 0 Å². The van der Waals surface area contributed by atoms with Gasteiger partial charge in [0, 0.05) is 31.7 Å². The van der Waals surface area contributed by atoms with Crippen LogP contribution in [0.3, 0.4) is 0 Å². The first kappa shape index (κ1) is 26.5. The molecule has 0 aromatic heterocycles. The molecule has 0 radical (unpaired) electrons. The second-order valence-electron chi connectivity index (χ2n) is 12.1. The summed E-state index contributed by atoms with van der Waals surface area (Å²) in [6.45, 7) is 13.4. The summed E-state index contributed by atoms with van der Waals surface area (Å²) < 4.78 is 20.9. The van der Waals surface area contributed by atoms with Crippen LogP contribution in [-0.4, -0.2) is 46.6 Å². The van der Waals surface area contributed by atoms with Crippen molar-refractivity contribution in [3.05, 3.63) is 50.8 Å². The molecule has 0 unspecified atom stereocenters. The number of ether oxygens (including phenoxy) is 1. The van der Waals surface area contributed by atoms with Crippen molar-refractivity contribution in [2.24, 2.45) is 5.41 Å². The maximum Gasteiger partial charge on any atom is 0.320 e. The molecular formula is C31H39FN2O4. The third-order valence-electron chi connectivity index (χ3n) is 9.01. The van der Waals surface area contributed by atoms with E-state index in [1.807, 2.05) is 30.6 Å². The Bertz CT molecular complexity index is 1320. The van der Waals surface area contributed by atoms with Gasteiger partial charge in [-0.3, -0.25) is 4.79 Å². The van der Waals surface area contributed by atoms with Gasteiger partial charge in [-0.1, -0.05) is 13.8 Å². The smallest absolute Gasteiger partial charge is 0.320 e. The Kier molecular flexibility index (Phi) is 6.91. The van der Waals surface area contributed by atoms with Gasteiger partial charge in [-0.2, -0.15) is 0 Å². The van der Waals surface area contributed by atoms with Crippen molar-refractivity contribution in [3.63, 3.8) is 0 Å². The minimum atomic E-state index is -0.925. The Morgan fingerprint density at radius 3 is 2.39 bits per heavy atom. The zero-order valence-electron chi connectivity index (χ0n) is 23.3. The molecule has 6 nitrogen and oxygen atoms in total. The van der Waals surface area contributed by atoms with Crippen molar-refractivity contribution in [2.75, 3.05) is 19.7 Å². The summed E-state index contributed by atoms with van der Waals surface area (Å²) in [7, 11) is 0. The number of fused-ring (bicyclic) bond motifs is 2. The molecule has 204 valence electrons. The number of carbonyl (C=O) groups is 2. The lowest BCUT2D eigenvalue weighted by molar-refractivity contribution is -0.136. The largest absolute Gasteiger partial charge is 0.490 e. The van der Waals surface area contributed by atoms with Crippen molar-refractivity contribution < 1.29 is 23.8 Å². The van der Waals surface area contributed by atoms with Gasteiger partial charge in [0.05, 0.1) is 13.0 Å². The third kappa shape index (κ3) is 4.65. The van der Waals surface area contributed by atoms with E-state index in [1.54, 1.807) is 0 Å². The number of benzene rings is 2. The number of halogens is 1. The first-order valence-corrected chi connectivity index (χ1v) is 13.8. The summed E-state index contributed by atoms with van der Waals surface area (Å²) in [5.74, 6) is -1.00. The van der Waals surface area contributed by atoms with Gasteiger partial charge in [-0.25, -0.2) is 9.18 Å². The molecule has 1 fully saturated rings. The summed E-state index contributed by atoms with van der Waals surface area (Å²) >= 11 is 0. The molecule has 3 aliphatic rings. The summed E-state index contributed by atoms with van der Waals surface area (Å²) in [6, 6.07) is 1.56. The Hall–Kier alpha value is -3.09. The third-order valence-corrected chi connectivity index (χ3v) is 9.01. The van der Waals surface area contributed by atoms with E-state index in [1.165, 1.54) is 6.07 Å². The van der Waals surface area contributed by atoms with E-state index in [9.17, 15) is 14.7 Å². The van der Waals surface area contributed by atoms with Crippen molar-refractivity contribution in [1.82, 2.24) is 9.80 Å². The van der Waals surface area contributed by atoms with Crippen molar-refractivity contribution in [3.8, 4) is 16.9 Å². The highest BCUT2D eigenvalue weighted by molar-refractivity contribution is 5.84. The molecule has 1 N–H and O–H groups in total. The first-order valence-electron chi connectivity index (χ1n) is 13.8. The van der Waals surface area contributed by atoms with Crippen LogP contribution >= 0.6 is 0 Å². The molecule has 38 heavy (non-hydrogen) atoms. The Morgan fingerprint density at radius 2 is 1.68 bits per heavy atom. The van der Waals surface area contributed by atoms with Gasteiger partial charge in [0.2, 0.25) is 0 Å². The van der Waals surface area contributed by atoms with Crippen LogP contribution in [0.2, 0.25) is 0 Å². The number of hydrogen-bond acceptors (Lipinski definition) is 3. The predicted molar refractivity (Wildman–Crippen MR) is 145 cm³/mol. The maximum absolute atomic E-state index is 15.3. The fourth-order valence-electron chi connectivity index (χ4n) is 6.67. The van der Waals surface area contributed by atoms with Crippen LogP contribution in [0, 0.1) is 32.0 Å². The number of aliphatic carboxylic acids is 1. The normalized spacial score (nSPS) is 18.5. The number of carboxylic acid groups (broad SMARTS) is 1. The van der Waals surface area contributed by atoms with Gasteiger partial charge in [-0.15, -0.1) is 0 Å². The van der Waals surface area contributed by atoms with E-state index >= 15 is 4.39 Å². The number of carbonyl (C=O) groups excluding carboxylic acids is 1. The number of likely N-dealkylation sites (tertiary alicyclic amines) is 1. The van der Waals surface area contributed by atoms with Gasteiger partial charge in [0.1, 0.15) is 0 Å². The molecule has 3 heterocycles. The molecule has 0 aliphatic carbocycles. The second kappa shape index (κ2) is 9.90. The molecule has 0 spiro atoms. The molecule has 5 rings (SSSR count). The number of urea groups is 1. The van der Waals surface area contributed by atoms with E-state index in [0.29, 0.717) is 31.0 Å². The molecular weight excluding hydrogens is 483 g/mol. The average Bonchev–Trinajstić information content (AvgIpc) is 3.24. The Balaban J connectivity index is 1.57. The standard InChI is InChI=1S/C31H39FN2O4/c1-18-21-8-6-13-38-29(21)26(32)14-22(18)28-20(3)25-17-34(16-24(25)19(2)23(28)15-27(35)36)30(37)33-11-7-9-31(4,5)10-12-33/h14H,6-13,15-17H2,1-5H3,(H,35,36). The number of amides is 2. The molecule has 2 aromatic rings. The van der Waals surface area contributed by atoms with Crippen LogP contribution < -0.4 is 4.74 Å². The summed E-state index contributed by atoms with van der Waals surface area (Å²) in [5, 5.41) is 9.83. The predicted octanol–water partition coefficient (Wildman–Crippen LogP) is 6.32. The molecule has 1 saturated heterocycles. The van der Waals surface area contributed by atoms with E-state index < -0.39 is 11.8 Å². The summed E-state index contributed by atoms with van der Waals surface area (Å²) in [6.07, 6.45) is 4.50. The van der Waals surface area contributed by atoms with Crippen molar-refractivity contribution >= 4 is 12.0 Å². The zero-order valence-corrected chi connectivity index (χ0v) is 23.3. The molecule has 7 heteroatoms. The van der Waals surface area contributed by atoms with Crippen LogP contribution in [0.1, 0.15) is 78.5 Å². The van der Waals surface area contributed by atoms with Crippen molar-refractivity contribution in [2.45, 2.75) is 86.2 Å². The Morgan fingerprint density at radius 1 is 0.974 bits per heavy atom. The molecule has 0 atom stereocenters. The summed E-state index contributed by atoms with van der Waals surface area (Å²) in [5.41, 5.74) is 8.19. The molecule has 0 bridgehead atoms. The maximum atomic E-state index is 15.3. The minimum absolute atomic E-state index is 0.0483. The number of rotatable bonds is 3. The second-order valence-corrected chi connectivity index (χ2v) is 12.1. The van der Waals surface area contributed by atoms with Gasteiger partial charge >= 0.3 is 12.0 Å². The fraction of sp³-hybridized carbons (Fsp3) is 0.548. The Labute approximate surface area is 224 Å². The topological polar surface area (TPSA) is 70.1 Å². The van der Waals surface area contributed by atoms with E-state index in [-0.39, 0.29) is 17.9 Å². The van der Waals surface area contributed by atoms with Crippen LogP contribution in [0.4, 0.5) is 9.18 Å². The zero-order chi connectivity index (χ0) is 27.4. The summed E-state index contributed by atoms with van der Waals surface area (Å²) in [4.78, 5) is 29.5. The average molecular weight is 523 g/mol. The SMILES string of the molecule is Cc1c(-c2c(C)c3c(c(C)c2CC(=O)O)CN(C(=O)N2CCCC(C)(C)CC2)C3)cc(F)c2c1CCCO2. The van der Waals surface area contributed by atoms with Crippen LogP contribution in [0.5, 0.6) is 5.75 Å². The van der Waals surface area contributed by atoms with Gasteiger partial charge < -0.3 is 19.6 Å². The number of hydrogen-bond donors (Lipinski definition) is 1. The number of nitrogens with zero attached hydrogens (tertiary/aromatic N) is 2. The molecule has 2 aromatic carbocycles. The van der Waals surface area contributed by atoms with Gasteiger partial charge in [-0.05, 0) is 109 Å². The van der Waals surface area contributed by atoms with E-state index in [4.69, 9.17) is 4.74 Å². The lowest BCUT2D eigenvalue weighted by atomic mass is 9.81. The molecule has 3 aliphatic heterocycles. The molecule has 2 amide bonds. The van der Waals surface area contributed by atoms with E-state index in [0.717, 1.165) is 89.7 Å². The van der Waals surface area contributed by atoms with Crippen molar-refractivity contribution in [1.29, 1.82) is 0 Å².